The van der Waals surface area contributed by atoms with Crippen molar-refractivity contribution >= 4 is 15.9 Å². The smallest absolute Gasteiger partial charge is 0.246 e. The van der Waals surface area contributed by atoms with Crippen LogP contribution in [0.25, 0.3) is 0 Å². The third-order valence-electron chi connectivity index (χ3n) is 5.49. The molecule has 3 heterocycles. The van der Waals surface area contributed by atoms with E-state index in [0.717, 1.165) is 38.8 Å². The first-order valence-electron chi connectivity index (χ1n) is 9.11. The molecule has 1 unspecified atom stereocenters. The molecule has 140 valence electrons. The first-order valence-corrected chi connectivity index (χ1v) is 10.5. The standard InChI is InChI=1S/C17H28N4O3S/c1-12-6-9-20(10-7-12)17(22)15-5-4-8-21(11-15)25(23,24)16-13(2)18-19-14(16)3/h12,15H,4-11H2,1-3H3,(H,18,19). The van der Waals surface area contributed by atoms with Crippen LogP contribution < -0.4 is 0 Å². The van der Waals surface area contributed by atoms with Crippen molar-refractivity contribution in [2.45, 2.75) is 51.3 Å². The molecule has 7 nitrogen and oxygen atoms in total. The van der Waals surface area contributed by atoms with Crippen molar-refractivity contribution in [3.05, 3.63) is 11.4 Å². The third kappa shape index (κ3) is 3.60. The molecule has 0 aromatic carbocycles. The van der Waals surface area contributed by atoms with Crippen molar-refractivity contribution in [1.29, 1.82) is 0 Å². The second-order valence-corrected chi connectivity index (χ2v) is 9.35. The number of nitrogens with one attached hydrogen (secondary N) is 1. The van der Waals surface area contributed by atoms with Gasteiger partial charge in [0.05, 0.1) is 17.3 Å². The molecule has 2 aliphatic heterocycles. The number of likely N-dealkylation sites (tertiary alicyclic amines) is 1. The van der Waals surface area contributed by atoms with E-state index >= 15 is 0 Å². The second-order valence-electron chi connectivity index (χ2n) is 7.47. The van der Waals surface area contributed by atoms with Crippen molar-refractivity contribution in [3.8, 4) is 0 Å². The monoisotopic (exact) mass is 368 g/mol. The summed E-state index contributed by atoms with van der Waals surface area (Å²) in [6.07, 6.45) is 3.55. The number of hydrogen-bond donors (Lipinski definition) is 1. The Hall–Kier alpha value is -1.41. The summed E-state index contributed by atoms with van der Waals surface area (Å²) in [5.74, 6) is 0.552. The van der Waals surface area contributed by atoms with Crippen molar-refractivity contribution in [2.24, 2.45) is 11.8 Å². The predicted molar refractivity (Wildman–Crippen MR) is 94.5 cm³/mol. The molecule has 1 N–H and O–H groups in total. The maximum atomic E-state index is 13.0. The van der Waals surface area contributed by atoms with Crippen LogP contribution in [0.1, 0.15) is 44.0 Å². The third-order valence-corrected chi connectivity index (χ3v) is 7.62. The van der Waals surface area contributed by atoms with Gasteiger partial charge in [-0.25, -0.2) is 8.42 Å². The molecule has 0 bridgehead atoms. The molecule has 0 radical (unpaired) electrons. The molecule has 1 aromatic rings. The Morgan fingerprint density at radius 3 is 2.44 bits per heavy atom. The van der Waals surface area contributed by atoms with E-state index in [1.54, 1.807) is 13.8 Å². The van der Waals surface area contributed by atoms with E-state index in [1.165, 1.54) is 4.31 Å². The molecule has 0 aliphatic carbocycles. The lowest BCUT2D eigenvalue weighted by atomic mass is 9.94. The van der Waals surface area contributed by atoms with E-state index in [2.05, 4.69) is 17.1 Å². The molecule has 3 rings (SSSR count). The number of carbonyl (C=O) groups is 1. The minimum absolute atomic E-state index is 0.118. The van der Waals surface area contributed by atoms with Crippen LogP contribution in [0.2, 0.25) is 0 Å². The number of piperidine rings is 2. The Kier molecular flexibility index (Phi) is 5.20. The maximum absolute atomic E-state index is 13.0. The van der Waals surface area contributed by atoms with Crippen LogP contribution in [0.5, 0.6) is 0 Å². The average molecular weight is 369 g/mol. The molecule has 0 spiro atoms. The fourth-order valence-electron chi connectivity index (χ4n) is 3.90. The largest absolute Gasteiger partial charge is 0.342 e. The number of carbonyl (C=O) groups excluding carboxylic acids is 1. The van der Waals surface area contributed by atoms with Crippen LogP contribution in [0.4, 0.5) is 0 Å². The minimum Gasteiger partial charge on any atom is -0.342 e. The van der Waals surface area contributed by atoms with Gasteiger partial charge >= 0.3 is 0 Å². The average Bonchev–Trinajstić information content (AvgIpc) is 2.94. The number of rotatable bonds is 3. The zero-order chi connectivity index (χ0) is 18.2. The van der Waals surface area contributed by atoms with E-state index in [4.69, 9.17) is 0 Å². The van der Waals surface area contributed by atoms with Gasteiger partial charge in [-0.2, -0.15) is 9.40 Å². The Morgan fingerprint density at radius 2 is 1.84 bits per heavy atom. The number of hydrogen-bond acceptors (Lipinski definition) is 4. The Labute approximate surface area is 149 Å². The zero-order valence-corrected chi connectivity index (χ0v) is 16.1. The Bertz CT molecular complexity index is 716. The van der Waals surface area contributed by atoms with Crippen molar-refractivity contribution in [1.82, 2.24) is 19.4 Å². The molecule has 0 saturated carbocycles. The van der Waals surface area contributed by atoms with Gasteiger partial charge in [-0.1, -0.05) is 6.92 Å². The van der Waals surface area contributed by atoms with E-state index in [1.807, 2.05) is 4.90 Å². The number of aryl methyl sites for hydroxylation is 2. The van der Waals surface area contributed by atoms with E-state index < -0.39 is 10.0 Å². The molecule has 2 saturated heterocycles. The normalized spacial score (nSPS) is 23.8. The summed E-state index contributed by atoms with van der Waals surface area (Å²) in [6.45, 7) is 7.95. The van der Waals surface area contributed by atoms with Crippen molar-refractivity contribution in [2.75, 3.05) is 26.2 Å². The van der Waals surface area contributed by atoms with Crippen LogP contribution in [0, 0.1) is 25.7 Å². The summed E-state index contributed by atoms with van der Waals surface area (Å²) in [6, 6.07) is 0. The SMILES string of the molecule is Cc1n[nH]c(C)c1S(=O)(=O)N1CCCC(C(=O)N2CCC(C)CC2)C1. The van der Waals surface area contributed by atoms with Gasteiger partial charge in [0.2, 0.25) is 15.9 Å². The second kappa shape index (κ2) is 7.07. The van der Waals surface area contributed by atoms with Gasteiger partial charge in [-0.15, -0.1) is 0 Å². The summed E-state index contributed by atoms with van der Waals surface area (Å²) in [4.78, 5) is 15.0. The van der Waals surface area contributed by atoms with E-state index in [-0.39, 0.29) is 23.3 Å². The summed E-state index contributed by atoms with van der Waals surface area (Å²) in [7, 11) is -3.62. The van der Waals surface area contributed by atoms with Gasteiger partial charge in [0.25, 0.3) is 0 Å². The zero-order valence-electron chi connectivity index (χ0n) is 15.3. The highest BCUT2D eigenvalue weighted by atomic mass is 32.2. The van der Waals surface area contributed by atoms with Gasteiger partial charge < -0.3 is 4.90 Å². The minimum atomic E-state index is -3.62. The molecule has 2 fully saturated rings. The van der Waals surface area contributed by atoms with Gasteiger partial charge in [0.15, 0.2) is 0 Å². The number of nitrogens with zero attached hydrogens (tertiary/aromatic N) is 3. The molecule has 25 heavy (non-hydrogen) atoms. The van der Waals surface area contributed by atoms with Gasteiger partial charge in [-0.3, -0.25) is 9.89 Å². The van der Waals surface area contributed by atoms with Gasteiger partial charge in [0, 0.05) is 26.2 Å². The van der Waals surface area contributed by atoms with Gasteiger partial charge in [0.1, 0.15) is 4.90 Å². The molecular weight excluding hydrogens is 340 g/mol. The number of sulfonamides is 1. The van der Waals surface area contributed by atoms with Crippen LogP contribution in [-0.2, 0) is 14.8 Å². The lowest BCUT2D eigenvalue weighted by Crippen LogP contribution is -2.48. The topological polar surface area (TPSA) is 86.4 Å². The fraction of sp³-hybridized carbons (Fsp3) is 0.765. The summed E-state index contributed by atoms with van der Waals surface area (Å²) in [5, 5.41) is 6.75. The van der Waals surface area contributed by atoms with Crippen LogP contribution in [0.3, 0.4) is 0 Å². The molecule has 1 atom stereocenters. The maximum Gasteiger partial charge on any atom is 0.246 e. The van der Waals surface area contributed by atoms with Crippen LogP contribution >= 0.6 is 0 Å². The van der Waals surface area contributed by atoms with Crippen molar-refractivity contribution < 1.29 is 13.2 Å². The number of aromatic amines is 1. The molecule has 1 aromatic heterocycles. The number of aromatic nitrogens is 2. The first-order chi connectivity index (χ1) is 11.8. The molecule has 2 aliphatic rings. The molecule has 8 heteroatoms. The summed E-state index contributed by atoms with van der Waals surface area (Å²) in [5.41, 5.74) is 1.03. The fourth-order valence-corrected chi connectivity index (χ4v) is 5.75. The lowest BCUT2D eigenvalue weighted by Gasteiger charge is -2.36. The Morgan fingerprint density at radius 1 is 1.16 bits per heavy atom. The summed E-state index contributed by atoms with van der Waals surface area (Å²) >= 11 is 0. The molecular formula is C17H28N4O3S. The molecule has 1 amide bonds. The quantitative estimate of drug-likeness (QED) is 0.879. The van der Waals surface area contributed by atoms with Crippen molar-refractivity contribution in [3.63, 3.8) is 0 Å². The number of amides is 1. The highest BCUT2D eigenvalue weighted by Gasteiger charge is 2.37. The predicted octanol–water partition coefficient (Wildman–Crippen LogP) is 1.69. The summed E-state index contributed by atoms with van der Waals surface area (Å²) < 4.78 is 27.5. The highest BCUT2D eigenvalue weighted by Crippen LogP contribution is 2.28. The Balaban J connectivity index is 1.74. The lowest BCUT2D eigenvalue weighted by molar-refractivity contribution is -0.138. The highest BCUT2D eigenvalue weighted by molar-refractivity contribution is 7.89. The van der Waals surface area contributed by atoms with Crippen LogP contribution in [-0.4, -0.2) is 59.9 Å². The van der Waals surface area contributed by atoms with Crippen LogP contribution in [0.15, 0.2) is 4.90 Å². The number of H-pyrrole nitrogens is 1. The van der Waals surface area contributed by atoms with E-state index in [9.17, 15) is 13.2 Å². The first kappa shape index (κ1) is 18.4. The van der Waals surface area contributed by atoms with Gasteiger partial charge in [-0.05, 0) is 45.4 Å². The van der Waals surface area contributed by atoms with E-state index in [0.29, 0.717) is 23.9 Å².